The van der Waals surface area contributed by atoms with Gasteiger partial charge in [-0.15, -0.1) is 10.2 Å². The number of hydrogen-bond donors (Lipinski definition) is 3. The van der Waals surface area contributed by atoms with Crippen LogP contribution in [-0.2, 0) is 11.2 Å². The molecule has 0 saturated heterocycles. The van der Waals surface area contributed by atoms with Crippen molar-refractivity contribution in [3.63, 3.8) is 0 Å². The number of carbonyl (C=O) groups is 1. The summed E-state index contributed by atoms with van der Waals surface area (Å²) in [6, 6.07) is 12.6. The highest BCUT2D eigenvalue weighted by atomic mass is 32.2. The lowest BCUT2D eigenvalue weighted by Crippen LogP contribution is -2.14. The number of thioether (sulfide) groups is 1. The first-order valence-corrected chi connectivity index (χ1v) is 9.47. The summed E-state index contributed by atoms with van der Waals surface area (Å²) in [4.78, 5) is 19.8. The van der Waals surface area contributed by atoms with Crippen LogP contribution in [0.2, 0.25) is 0 Å². The predicted octanol–water partition coefficient (Wildman–Crippen LogP) is 3.50. The van der Waals surface area contributed by atoms with Crippen LogP contribution >= 0.6 is 11.8 Å². The first kappa shape index (κ1) is 17.3. The number of aryl methyl sites for hydroxylation is 1. The number of carbonyl (C=O) groups excluding carboxylic acids is 1. The van der Waals surface area contributed by atoms with Crippen LogP contribution < -0.4 is 5.32 Å². The van der Waals surface area contributed by atoms with Crippen molar-refractivity contribution in [2.24, 2.45) is 0 Å². The van der Waals surface area contributed by atoms with Crippen molar-refractivity contribution in [2.75, 3.05) is 11.1 Å². The van der Waals surface area contributed by atoms with E-state index in [0.717, 1.165) is 22.8 Å². The van der Waals surface area contributed by atoms with Gasteiger partial charge in [0.15, 0.2) is 5.65 Å². The van der Waals surface area contributed by atoms with Crippen molar-refractivity contribution in [3.05, 3.63) is 48.0 Å². The van der Waals surface area contributed by atoms with Crippen LogP contribution in [0.25, 0.3) is 22.1 Å². The van der Waals surface area contributed by atoms with Gasteiger partial charge in [0.05, 0.1) is 5.75 Å². The standard InChI is InChI=1S/C19H17N5O2S/c1-2-11-6-7-15-14(8-11)17-18(21-15)22-19(24-23-17)27-10-16(26)20-12-4-3-5-13(25)9-12/h3-9,25H,2,10H2,1H3,(H,20,26)(H,21,22,24). The largest absolute Gasteiger partial charge is 0.508 e. The molecule has 1 amide bonds. The summed E-state index contributed by atoms with van der Waals surface area (Å²) in [5.74, 6) is 0.0327. The van der Waals surface area contributed by atoms with Gasteiger partial charge in [0.2, 0.25) is 11.1 Å². The molecule has 136 valence electrons. The number of rotatable bonds is 5. The predicted molar refractivity (Wildman–Crippen MR) is 106 cm³/mol. The summed E-state index contributed by atoms with van der Waals surface area (Å²) in [6.45, 7) is 2.11. The molecule has 0 unspecified atom stereocenters. The van der Waals surface area contributed by atoms with Crippen LogP contribution in [0.4, 0.5) is 5.69 Å². The third kappa shape index (κ3) is 3.70. The summed E-state index contributed by atoms with van der Waals surface area (Å²) in [6.07, 6.45) is 0.950. The second-order valence-electron chi connectivity index (χ2n) is 6.04. The number of nitrogens with zero attached hydrogens (tertiary/aromatic N) is 3. The van der Waals surface area contributed by atoms with Gasteiger partial charge < -0.3 is 15.4 Å². The molecule has 2 aromatic carbocycles. The highest BCUT2D eigenvalue weighted by Crippen LogP contribution is 2.25. The van der Waals surface area contributed by atoms with Gasteiger partial charge in [-0.25, -0.2) is 4.98 Å². The van der Waals surface area contributed by atoms with E-state index in [0.29, 0.717) is 16.5 Å². The minimum Gasteiger partial charge on any atom is -0.508 e. The monoisotopic (exact) mass is 379 g/mol. The average molecular weight is 379 g/mol. The summed E-state index contributed by atoms with van der Waals surface area (Å²) >= 11 is 1.21. The number of hydrogen-bond acceptors (Lipinski definition) is 6. The highest BCUT2D eigenvalue weighted by Gasteiger charge is 2.11. The van der Waals surface area contributed by atoms with Crippen LogP contribution in [0.5, 0.6) is 5.75 Å². The second-order valence-corrected chi connectivity index (χ2v) is 6.98. The molecule has 0 aliphatic heterocycles. The number of phenols is 1. The molecule has 0 radical (unpaired) electrons. The van der Waals surface area contributed by atoms with Crippen LogP contribution in [0.3, 0.4) is 0 Å². The topological polar surface area (TPSA) is 104 Å². The number of benzene rings is 2. The molecule has 27 heavy (non-hydrogen) atoms. The van der Waals surface area contributed by atoms with Gasteiger partial charge in [0.1, 0.15) is 11.3 Å². The number of amides is 1. The van der Waals surface area contributed by atoms with E-state index in [1.165, 1.54) is 23.4 Å². The molecule has 4 rings (SSSR count). The van der Waals surface area contributed by atoms with Gasteiger partial charge in [0, 0.05) is 22.7 Å². The van der Waals surface area contributed by atoms with E-state index >= 15 is 0 Å². The Bertz CT molecular complexity index is 1140. The molecule has 0 saturated carbocycles. The van der Waals surface area contributed by atoms with Crippen LogP contribution in [0.15, 0.2) is 47.6 Å². The second kappa shape index (κ2) is 7.24. The maximum atomic E-state index is 12.1. The van der Waals surface area contributed by atoms with E-state index in [4.69, 9.17) is 0 Å². The van der Waals surface area contributed by atoms with Crippen molar-refractivity contribution >= 4 is 45.4 Å². The zero-order valence-electron chi connectivity index (χ0n) is 14.6. The molecule has 4 aromatic rings. The number of phenolic OH excluding ortho intramolecular Hbond substituents is 1. The quantitative estimate of drug-likeness (QED) is 0.459. The first-order valence-electron chi connectivity index (χ1n) is 8.49. The Morgan fingerprint density at radius 3 is 2.93 bits per heavy atom. The lowest BCUT2D eigenvalue weighted by molar-refractivity contribution is -0.113. The fourth-order valence-electron chi connectivity index (χ4n) is 2.80. The Balaban J connectivity index is 1.49. The number of anilines is 1. The molecule has 0 aliphatic rings. The Hall–Kier alpha value is -3.13. The molecular weight excluding hydrogens is 362 g/mol. The average Bonchev–Trinajstić information content (AvgIpc) is 3.03. The normalized spacial score (nSPS) is 11.1. The van der Waals surface area contributed by atoms with E-state index in [1.54, 1.807) is 18.2 Å². The minimum atomic E-state index is -0.210. The maximum Gasteiger partial charge on any atom is 0.234 e. The van der Waals surface area contributed by atoms with Crippen LogP contribution in [-0.4, -0.2) is 36.9 Å². The number of aromatic nitrogens is 4. The third-order valence-corrected chi connectivity index (χ3v) is 4.97. The molecule has 0 spiro atoms. The zero-order chi connectivity index (χ0) is 18.8. The fourth-order valence-corrected chi connectivity index (χ4v) is 3.38. The van der Waals surface area contributed by atoms with E-state index < -0.39 is 0 Å². The molecule has 7 nitrogen and oxygen atoms in total. The number of nitrogens with one attached hydrogen (secondary N) is 2. The molecule has 0 fully saturated rings. The molecule has 2 heterocycles. The van der Waals surface area contributed by atoms with Crippen molar-refractivity contribution in [1.82, 2.24) is 20.2 Å². The van der Waals surface area contributed by atoms with Crippen LogP contribution in [0.1, 0.15) is 12.5 Å². The summed E-state index contributed by atoms with van der Waals surface area (Å²) in [5, 5.41) is 22.0. The summed E-state index contributed by atoms with van der Waals surface area (Å²) in [5.41, 5.74) is 4.12. The summed E-state index contributed by atoms with van der Waals surface area (Å²) in [7, 11) is 0. The van der Waals surface area contributed by atoms with Crippen molar-refractivity contribution in [1.29, 1.82) is 0 Å². The number of H-pyrrole nitrogens is 1. The first-order chi connectivity index (χ1) is 13.1. The zero-order valence-corrected chi connectivity index (χ0v) is 15.4. The third-order valence-electron chi connectivity index (χ3n) is 4.13. The van der Waals surface area contributed by atoms with Crippen molar-refractivity contribution in [3.8, 4) is 5.75 Å². The van der Waals surface area contributed by atoms with Gasteiger partial charge in [-0.1, -0.05) is 30.8 Å². The van der Waals surface area contributed by atoms with E-state index in [2.05, 4.69) is 44.5 Å². The maximum absolute atomic E-state index is 12.1. The molecule has 3 N–H and O–H groups in total. The Morgan fingerprint density at radius 2 is 2.11 bits per heavy atom. The SMILES string of the molecule is CCc1ccc2[nH]c3nc(SCC(=O)Nc4cccc(O)c4)nnc3c2c1. The summed E-state index contributed by atoms with van der Waals surface area (Å²) < 4.78 is 0. The molecule has 2 aromatic heterocycles. The lowest BCUT2D eigenvalue weighted by atomic mass is 10.1. The fraction of sp³-hybridized carbons (Fsp3) is 0.158. The van der Waals surface area contributed by atoms with E-state index in [9.17, 15) is 9.90 Å². The van der Waals surface area contributed by atoms with Gasteiger partial charge in [-0.05, 0) is 36.2 Å². The van der Waals surface area contributed by atoms with E-state index in [-0.39, 0.29) is 17.4 Å². The van der Waals surface area contributed by atoms with Gasteiger partial charge >= 0.3 is 0 Å². The van der Waals surface area contributed by atoms with Gasteiger partial charge in [0.25, 0.3) is 0 Å². The van der Waals surface area contributed by atoms with E-state index in [1.807, 2.05) is 6.07 Å². The van der Waals surface area contributed by atoms with Crippen molar-refractivity contribution < 1.29 is 9.90 Å². The Labute approximate surface area is 159 Å². The molecule has 0 aliphatic carbocycles. The lowest BCUT2D eigenvalue weighted by Gasteiger charge is -2.04. The number of fused-ring (bicyclic) bond motifs is 3. The van der Waals surface area contributed by atoms with Gasteiger partial charge in [-0.2, -0.15) is 0 Å². The Kier molecular flexibility index (Phi) is 4.64. The number of aromatic hydroxyl groups is 1. The smallest absolute Gasteiger partial charge is 0.234 e. The minimum absolute atomic E-state index is 0.100. The molecule has 8 heteroatoms. The van der Waals surface area contributed by atoms with Crippen LogP contribution in [0, 0.1) is 0 Å². The van der Waals surface area contributed by atoms with Crippen molar-refractivity contribution in [2.45, 2.75) is 18.5 Å². The highest BCUT2D eigenvalue weighted by molar-refractivity contribution is 7.99. The molecule has 0 atom stereocenters. The number of aromatic amines is 1. The molecular formula is C19H17N5O2S. The Morgan fingerprint density at radius 1 is 1.22 bits per heavy atom. The van der Waals surface area contributed by atoms with Gasteiger partial charge in [-0.3, -0.25) is 4.79 Å². The molecule has 0 bridgehead atoms.